The Balaban J connectivity index is 1.26. The minimum atomic E-state index is -1.79. The molecule has 5 aromatic rings. The summed E-state index contributed by atoms with van der Waals surface area (Å²) in [4.78, 5) is 164. The Bertz CT molecular complexity index is 3540. The van der Waals surface area contributed by atoms with Gasteiger partial charge >= 0.3 is 12.1 Å². The molecule has 14 amide bonds. The number of hydrogen-bond donors (Lipinski definition) is 16. The van der Waals surface area contributed by atoms with Gasteiger partial charge in [0.2, 0.25) is 59.1 Å². The van der Waals surface area contributed by atoms with E-state index in [9.17, 15) is 57.8 Å². The SMILES string of the molecule is C[C@@H](O)[C@@H]1NC(=O)[C@H](CCCCN)NC(=O)[C@@H](Cc2ccc(NC(N)=O)cc2)NC(=O)[C@H](Cc2ccc(NC(=O)[C@@H]3CC(=O)NC(=O)N3)cc2)NC(=O)[C@H](NC(=O)[C@@H](N)Cc2ccc(Cl)cc2)CSSC[C@@H](C(=O)N[C@@H](Cc2ccc3ccccc3c2)C(N)=O)NC1=O. The molecule has 2 aliphatic rings. The fraction of sp³-hybridized carbons (Fsp3) is 0.355. The van der Waals surface area contributed by atoms with Crippen molar-refractivity contribution in [3.8, 4) is 0 Å². The normalized spacial score (nSPS) is 21.3. The van der Waals surface area contributed by atoms with Crippen molar-refractivity contribution in [2.24, 2.45) is 22.9 Å². The van der Waals surface area contributed by atoms with Crippen molar-refractivity contribution in [2.45, 2.75) is 119 Å². The average molecular weight is 1340 g/mol. The number of urea groups is 2. The van der Waals surface area contributed by atoms with Crippen molar-refractivity contribution < 1.29 is 62.6 Å². The van der Waals surface area contributed by atoms with Crippen LogP contribution in [0.2, 0.25) is 5.02 Å². The molecule has 2 saturated heterocycles. The van der Waals surface area contributed by atoms with Crippen LogP contribution in [0.15, 0.2) is 115 Å². The summed E-state index contributed by atoms with van der Waals surface area (Å²) in [6.45, 7) is 1.39. The van der Waals surface area contributed by atoms with Crippen LogP contribution >= 0.6 is 33.2 Å². The van der Waals surface area contributed by atoms with Crippen molar-refractivity contribution in [1.82, 2.24) is 47.9 Å². The van der Waals surface area contributed by atoms with E-state index in [1.54, 1.807) is 30.3 Å². The number of halogens is 1. The van der Waals surface area contributed by atoms with Gasteiger partial charge in [-0.3, -0.25) is 53.3 Å². The Morgan fingerprint density at radius 1 is 0.613 bits per heavy atom. The van der Waals surface area contributed by atoms with Crippen LogP contribution in [-0.4, -0.2) is 155 Å². The number of aliphatic hydroxyl groups is 1. The maximum atomic E-state index is 15.1. The van der Waals surface area contributed by atoms with Crippen LogP contribution in [0, 0.1) is 0 Å². The predicted octanol–water partition coefficient (Wildman–Crippen LogP) is -0.0980. The number of hydrogen-bond acceptors (Lipinski definition) is 17. The number of rotatable bonds is 21. The number of nitrogens with one attached hydrogen (secondary N) is 11. The highest BCUT2D eigenvalue weighted by molar-refractivity contribution is 8.76. The summed E-state index contributed by atoms with van der Waals surface area (Å²) < 4.78 is 0. The van der Waals surface area contributed by atoms with Gasteiger partial charge in [0, 0.05) is 47.2 Å². The Morgan fingerprint density at radius 3 is 1.78 bits per heavy atom. The molecule has 7 rings (SSSR count). The molecule has 31 heteroatoms. The van der Waals surface area contributed by atoms with E-state index in [1.807, 2.05) is 41.7 Å². The van der Waals surface area contributed by atoms with E-state index >= 15 is 4.79 Å². The molecule has 5 aromatic carbocycles. The van der Waals surface area contributed by atoms with Crippen molar-refractivity contribution in [3.05, 3.63) is 143 Å². The number of anilines is 2. The number of benzene rings is 5. The zero-order valence-electron chi connectivity index (χ0n) is 50.4. The molecule has 2 fully saturated rings. The van der Waals surface area contributed by atoms with Crippen LogP contribution in [0.25, 0.3) is 10.8 Å². The predicted molar refractivity (Wildman–Crippen MR) is 350 cm³/mol. The van der Waals surface area contributed by atoms with Crippen LogP contribution in [0.3, 0.4) is 0 Å². The Labute approximate surface area is 547 Å². The number of fused-ring (bicyclic) bond motifs is 1. The van der Waals surface area contributed by atoms with Crippen LogP contribution in [0.4, 0.5) is 21.0 Å². The number of carbonyl (C=O) groups is 12. The van der Waals surface area contributed by atoms with E-state index in [2.05, 4.69) is 53.2 Å². The molecule has 2 heterocycles. The molecule has 0 bridgehead atoms. The first-order valence-corrected chi connectivity index (χ1v) is 32.5. The van der Waals surface area contributed by atoms with E-state index in [1.165, 1.54) is 55.5 Å². The number of primary amides is 2. The number of unbranched alkanes of at least 4 members (excludes halogenated alkanes) is 1. The third kappa shape index (κ3) is 21.9. The third-order valence-corrected chi connectivity index (χ3v) is 17.6. The molecule has 20 N–H and O–H groups in total. The summed E-state index contributed by atoms with van der Waals surface area (Å²) in [6.07, 6.45) is -2.12. The minimum Gasteiger partial charge on any atom is -0.391 e. The van der Waals surface area contributed by atoms with Gasteiger partial charge in [0.25, 0.3) is 0 Å². The van der Waals surface area contributed by atoms with Crippen LogP contribution in [0.5, 0.6) is 0 Å². The van der Waals surface area contributed by atoms with E-state index in [0.717, 1.165) is 32.4 Å². The van der Waals surface area contributed by atoms with Gasteiger partial charge < -0.3 is 81.2 Å². The summed E-state index contributed by atoms with van der Waals surface area (Å²) in [7, 11) is 1.88. The lowest BCUT2D eigenvalue weighted by Gasteiger charge is -2.29. The second kappa shape index (κ2) is 34.4. The molecule has 28 nitrogen and oxygen atoms in total. The number of imide groups is 1. The molecule has 494 valence electrons. The molecule has 0 aliphatic carbocycles. The van der Waals surface area contributed by atoms with Gasteiger partial charge in [-0.25, -0.2) is 9.59 Å². The second-order valence-corrected chi connectivity index (χ2v) is 25.2. The molecule has 0 radical (unpaired) electrons. The summed E-state index contributed by atoms with van der Waals surface area (Å²) >= 11 is 6.11. The molecular weight excluding hydrogens is 1260 g/mol. The van der Waals surface area contributed by atoms with Crippen molar-refractivity contribution in [3.63, 3.8) is 0 Å². The molecular formula is C62H74ClN15O13S2. The van der Waals surface area contributed by atoms with E-state index < -0.39 is 132 Å². The zero-order chi connectivity index (χ0) is 67.3. The molecule has 2 aliphatic heterocycles. The number of aliphatic hydroxyl groups excluding tert-OH is 1. The second-order valence-electron chi connectivity index (χ2n) is 22.2. The van der Waals surface area contributed by atoms with Crippen LogP contribution in [0.1, 0.15) is 54.9 Å². The number of amides is 14. The highest BCUT2D eigenvalue weighted by Crippen LogP contribution is 2.25. The minimum absolute atomic E-state index is 0.00932. The van der Waals surface area contributed by atoms with Gasteiger partial charge in [0.1, 0.15) is 48.3 Å². The third-order valence-electron chi connectivity index (χ3n) is 14.9. The summed E-state index contributed by atoms with van der Waals surface area (Å²) in [5, 5.41) is 41.4. The number of nitrogens with two attached hydrogens (primary N) is 4. The van der Waals surface area contributed by atoms with Gasteiger partial charge in [-0.15, -0.1) is 0 Å². The van der Waals surface area contributed by atoms with E-state index in [0.29, 0.717) is 33.7 Å². The Hall–Kier alpha value is -9.33. The fourth-order valence-electron chi connectivity index (χ4n) is 9.92. The van der Waals surface area contributed by atoms with Gasteiger partial charge in [-0.05, 0) is 109 Å². The highest BCUT2D eigenvalue weighted by Gasteiger charge is 2.37. The van der Waals surface area contributed by atoms with Crippen LogP contribution in [-0.2, 0) is 73.6 Å². The first kappa shape index (κ1) is 71.1. The first-order chi connectivity index (χ1) is 44.4. The standard InChI is InChI=1S/C62H74ClN15O13S2/c1-32(79)51-60(89)75-49(58(87)71-44(52(66)81)28-36-9-16-37-6-2-3-7-38(37)24-36)31-93-92-30-48(74-53(82)42(65)25-33-10-17-39(63)18-11-33)59(88)73-46(27-34-12-19-40(20-13-34)68-55(84)47-29-50(80)77-62(91)76-47)57(86)72-45(26-35-14-21-41(22-15-35)69-61(67)90)56(85)70-43(54(83)78-51)8-4-5-23-64/h2-3,6-7,9-22,24,32,42-49,51,79H,4-5,8,23,25-31,64-65H2,1H3,(H2,66,81)(H,68,84)(H,70,85)(H,71,87)(H,72,86)(H,73,88)(H,74,82)(H,75,89)(H,78,83)(H3,67,69,90)(H2,76,77,80,91)/t32-,42+,43+,44+,45-,46+,47+,48-,49+,51+/m1/s1. The van der Waals surface area contributed by atoms with Crippen molar-refractivity contribution in [1.29, 1.82) is 0 Å². The maximum absolute atomic E-state index is 15.1. The summed E-state index contributed by atoms with van der Waals surface area (Å²) in [5.74, 6) is -9.50. The first-order valence-electron chi connectivity index (χ1n) is 29.6. The lowest BCUT2D eigenvalue weighted by atomic mass is 10.0. The van der Waals surface area contributed by atoms with Crippen molar-refractivity contribution in [2.75, 3.05) is 28.7 Å². The topological polar surface area (TPSA) is 461 Å². The zero-order valence-corrected chi connectivity index (χ0v) is 52.8. The fourth-order valence-corrected chi connectivity index (χ4v) is 12.4. The molecule has 0 unspecified atom stereocenters. The molecule has 0 aromatic heterocycles. The quantitative estimate of drug-likeness (QED) is 0.0337. The largest absolute Gasteiger partial charge is 0.391 e. The van der Waals surface area contributed by atoms with E-state index in [-0.39, 0.29) is 74.4 Å². The van der Waals surface area contributed by atoms with Gasteiger partial charge in [0.15, 0.2) is 0 Å². The molecule has 0 spiro atoms. The molecule has 93 heavy (non-hydrogen) atoms. The Morgan fingerprint density at radius 2 is 1.18 bits per heavy atom. The van der Waals surface area contributed by atoms with E-state index in [4.69, 9.17) is 34.5 Å². The molecule has 10 atom stereocenters. The summed E-state index contributed by atoms with van der Waals surface area (Å²) in [6, 6.07) is 16.4. The monoisotopic (exact) mass is 1340 g/mol. The maximum Gasteiger partial charge on any atom is 0.322 e. The summed E-state index contributed by atoms with van der Waals surface area (Å²) in [5.41, 5.74) is 26.0. The van der Waals surface area contributed by atoms with Crippen molar-refractivity contribution >= 4 is 126 Å². The highest BCUT2D eigenvalue weighted by atomic mass is 35.5. The lowest BCUT2D eigenvalue weighted by Crippen LogP contribution is -2.62. The smallest absolute Gasteiger partial charge is 0.322 e. The van der Waals surface area contributed by atoms with Gasteiger partial charge in [0.05, 0.1) is 18.6 Å². The van der Waals surface area contributed by atoms with Gasteiger partial charge in [-0.2, -0.15) is 0 Å². The average Bonchev–Trinajstić information content (AvgIpc) is 1.03. The lowest BCUT2D eigenvalue weighted by molar-refractivity contribution is -0.136. The Kier molecular flexibility index (Phi) is 26.3. The van der Waals surface area contributed by atoms with Gasteiger partial charge in [-0.1, -0.05) is 112 Å². The molecule has 0 saturated carbocycles. The van der Waals surface area contributed by atoms with Crippen LogP contribution < -0.4 is 81.4 Å². The number of carbonyl (C=O) groups excluding carboxylic acids is 12.